The molecule has 0 aromatic rings. The number of allylic oxidation sites excluding steroid dienone is 16. The molecule has 394 valence electrons. The first-order valence-electron chi connectivity index (χ1n) is 28.8. The van der Waals surface area contributed by atoms with Crippen LogP contribution in [0.1, 0.15) is 265 Å². The van der Waals surface area contributed by atoms with Gasteiger partial charge in [-0.1, -0.05) is 234 Å². The molecule has 0 N–H and O–H groups in total. The van der Waals surface area contributed by atoms with E-state index in [1.807, 2.05) is 0 Å². The van der Waals surface area contributed by atoms with Crippen LogP contribution in [0.2, 0.25) is 0 Å². The van der Waals surface area contributed by atoms with E-state index in [-0.39, 0.29) is 31.1 Å². The summed E-state index contributed by atoms with van der Waals surface area (Å²) in [5.41, 5.74) is 0. The van der Waals surface area contributed by atoms with Gasteiger partial charge in [0.1, 0.15) is 13.2 Å². The predicted molar refractivity (Wildman–Crippen MR) is 297 cm³/mol. The summed E-state index contributed by atoms with van der Waals surface area (Å²) in [6, 6.07) is 0. The summed E-state index contributed by atoms with van der Waals surface area (Å²) in [6.07, 6.45) is 75.4. The van der Waals surface area contributed by atoms with Crippen molar-refractivity contribution in [3.63, 3.8) is 0 Å². The van der Waals surface area contributed by atoms with Gasteiger partial charge in [0.15, 0.2) is 6.10 Å². The van der Waals surface area contributed by atoms with Crippen LogP contribution >= 0.6 is 0 Å². The van der Waals surface area contributed by atoms with Crippen molar-refractivity contribution in [2.45, 2.75) is 271 Å². The second-order valence-electron chi connectivity index (χ2n) is 18.8. The van der Waals surface area contributed by atoms with Crippen LogP contribution in [0.25, 0.3) is 0 Å². The van der Waals surface area contributed by atoms with Gasteiger partial charge >= 0.3 is 17.9 Å². The van der Waals surface area contributed by atoms with Gasteiger partial charge in [-0.15, -0.1) is 0 Å². The molecule has 0 spiro atoms. The highest BCUT2D eigenvalue weighted by Crippen LogP contribution is 2.15. The van der Waals surface area contributed by atoms with Gasteiger partial charge in [-0.3, -0.25) is 14.4 Å². The Morgan fingerprint density at radius 3 is 0.986 bits per heavy atom. The molecule has 6 heteroatoms. The Morgan fingerprint density at radius 1 is 0.319 bits per heavy atom. The number of hydrogen-bond acceptors (Lipinski definition) is 6. The number of hydrogen-bond donors (Lipinski definition) is 0. The van der Waals surface area contributed by atoms with Crippen LogP contribution in [-0.2, 0) is 28.6 Å². The summed E-state index contributed by atoms with van der Waals surface area (Å²) in [4.78, 5) is 38.2. The lowest BCUT2D eigenvalue weighted by molar-refractivity contribution is -0.167. The van der Waals surface area contributed by atoms with E-state index < -0.39 is 6.10 Å². The van der Waals surface area contributed by atoms with Crippen LogP contribution in [-0.4, -0.2) is 37.2 Å². The molecule has 1 atom stereocenters. The van der Waals surface area contributed by atoms with Crippen molar-refractivity contribution in [3.8, 4) is 0 Å². The number of carbonyl (C=O) groups is 3. The Labute approximate surface area is 426 Å². The maximum Gasteiger partial charge on any atom is 0.306 e. The molecule has 69 heavy (non-hydrogen) atoms. The highest BCUT2D eigenvalue weighted by atomic mass is 16.6. The van der Waals surface area contributed by atoms with Crippen molar-refractivity contribution in [2.24, 2.45) is 0 Å². The number of rotatable bonds is 51. The summed E-state index contributed by atoms with van der Waals surface area (Å²) in [7, 11) is 0. The van der Waals surface area contributed by atoms with E-state index in [0.717, 1.165) is 122 Å². The molecular formula is C63H106O6. The Bertz CT molecular complexity index is 1380. The topological polar surface area (TPSA) is 78.9 Å². The minimum Gasteiger partial charge on any atom is -0.462 e. The fourth-order valence-electron chi connectivity index (χ4n) is 7.81. The fraction of sp³-hybridized carbons (Fsp3) is 0.698. The average molecular weight is 960 g/mol. The molecule has 0 aliphatic rings. The van der Waals surface area contributed by atoms with E-state index >= 15 is 0 Å². The second-order valence-corrected chi connectivity index (χ2v) is 18.8. The van der Waals surface area contributed by atoms with Crippen LogP contribution in [0.5, 0.6) is 0 Å². The number of carbonyl (C=O) groups excluding carboxylic acids is 3. The quantitative estimate of drug-likeness (QED) is 0.0199. The lowest BCUT2D eigenvalue weighted by Crippen LogP contribution is -2.30. The third-order valence-electron chi connectivity index (χ3n) is 12.1. The van der Waals surface area contributed by atoms with E-state index in [1.54, 1.807) is 0 Å². The van der Waals surface area contributed by atoms with Crippen molar-refractivity contribution in [3.05, 3.63) is 97.2 Å². The SMILES string of the molecule is CC/C=C\C/C=C\C/C=C\CCCCCCCCCCCC(=O)OCC(COC(=O)CCCCC/C=C\C=C/CCCCCCCCC)OC(=O)CCCCCCCC/C=C\C/C=C\C/C=C\CC. The molecule has 0 radical (unpaired) electrons. The standard InChI is InChI=1S/C63H106O6/c1-4-7-10-13-16-19-22-25-28-31-32-33-36-38-41-44-47-50-53-56-62(65)68-59-60(69-63(66)57-54-51-48-45-42-39-35-30-27-24-21-18-15-12-9-6-3)58-67-61(64)55-52-49-46-43-40-37-34-29-26-23-20-17-14-11-8-5-2/h7,9-10,12,16,18-19,21,25,27-30,34,37,40,60H,4-6,8,11,13-15,17,20,22-24,26,31-33,35-36,38-39,41-59H2,1-3H3/b10-7-,12-9-,19-16-,21-18-,28-25-,30-27-,34-29-,40-37-. The summed E-state index contributed by atoms with van der Waals surface area (Å²) in [5, 5.41) is 0. The molecule has 0 amide bonds. The first-order valence-corrected chi connectivity index (χ1v) is 28.8. The van der Waals surface area contributed by atoms with Gasteiger partial charge in [0, 0.05) is 19.3 Å². The minimum absolute atomic E-state index is 0.0947. The molecule has 0 saturated heterocycles. The smallest absolute Gasteiger partial charge is 0.306 e. The fourth-order valence-corrected chi connectivity index (χ4v) is 7.81. The monoisotopic (exact) mass is 959 g/mol. The Morgan fingerprint density at radius 2 is 0.609 bits per heavy atom. The molecule has 0 saturated carbocycles. The molecule has 0 aromatic heterocycles. The van der Waals surface area contributed by atoms with E-state index in [9.17, 15) is 14.4 Å². The first-order chi connectivity index (χ1) is 34.0. The lowest BCUT2D eigenvalue weighted by atomic mass is 10.1. The zero-order valence-corrected chi connectivity index (χ0v) is 45.0. The van der Waals surface area contributed by atoms with Crippen molar-refractivity contribution < 1.29 is 28.6 Å². The normalized spacial score (nSPS) is 12.8. The van der Waals surface area contributed by atoms with Crippen molar-refractivity contribution in [1.29, 1.82) is 0 Å². The minimum atomic E-state index is -0.799. The van der Waals surface area contributed by atoms with Gasteiger partial charge in [0.2, 0.25) is 0 Å². The van der Waals surface area contributed by atoms with Gasteiger partial charge in [-0.25, -0.2) is 0 Å². The molecule has 0 bridgehead atoms. The summed E-state index contributed by atoms with van der Waals surface area (Å²) in [5.74, 6) is -0.937. The summed E-state index contributed by atoms with van der Waals surface area (Å²) < 4.78 is 16.8. The number of ether oxygens (including phenoxy) is 3. The highest BCUT2D eigenvalue weighted by molar-refractivity contribution is 5.71. The van der Waals surface area contributed by atoms with Crippen LogP contribution in [0.3, 0.4) is 0 Å². The zero-order valence-electron chi connectivity index (χ0n) is 45.0. The van der Waals surface area contributed by atoms with E-state index in [4.69, 9.17) is 14.2 Å². The average Bonchev–Trinajstić information content (AvgIpc) is 3.35. The van der Waals surface area contributed by atoms with Gasteiger partial charge in [-0.2, -0.15) is 0 Å². The van der Waals surface area contributed by atoms with Crippen LogP contribution in [0.4, 0.5) is 0 Å². The molecule has 0 fully saturated rings. The molecule has 0 heterocycles. The molecular weight excluding hydrogens is 853 g/mol. The van der Waals surface area contributed by atoms with Gasteiger partial charge in [0.05, 0.1) is 0 Å². The van der Waals surface area contributed by atoms with Crippen LogP contribution in [0.15, 0.2) is 97.2 Å². The number of esters is 3. The lowest BCUT2D eigenvalue weighted by Gasteiger charge is -2.18. The third kappa shape index (κ3) is 55.1. The first kappa shape index (κ1) is 65.3. The summed E-state index contributed by atoms with van der Waals surface area (Å²) in [6.45, 7) is 6.38. The van der Waals surface area contributed by atoms with Gasteiger partial charge in [0.25, 0.3) is 0 Å². The Balaban J connectivity index is 4.44. The summed E-state index contributed by atoms with van der Waals surface area (Å²) >= 11 is 0. The predicted octanol–water partition coefficient (Wildman–Crippen LogP) is 19.3. The van der Waals surface area contributed by atoms with Crippen molar-refractivity contribution in [1.82, 2.24) is 0 Å². The Kier molecular flexibility index (Phi) is 53.9. The molecule has 0 aliphatic carbocycles. The maximum absolute atomic E-state index is 12.9. The number of unbranched alkanes of at least 4 members (excludes halogenated alkanes) is 25. The van der Waals surface area contributed by atoms with E-state index in [0.29, 0.717) is 19.3 Å². The molecule has 0 rings (SSSR count). The molecule has 0 aromatic carbocycles. The molecule has 6 nitrogen and oxygen atoms in total. The maximum atomic E-state index is 12.9. The van der Waals surface area contributed by atoms with Gasteiger partial charge in [-0.05, 0) is 109 Å². The second kappa shape index (κ2) is 56.9. The highest BCUT2D eigenvalue weighted by Gasteiger charge is 2.19. The molecule has 0 aliphatic heterocycles. The van der Waals surface area contributed by atoms with Crippen molar-refractivity contribution >= 4 is 17.9 Å². The Hall–Kier alpha value is -3.67. The van der Waals surface area contributed by atoms with E-state index in [2.05, 4.69) is 118 Å². The third-order valence-corrected chi connectivity index (χ3v) is 12.1. The van der Waals surface area contributed by atoms with Gasteiger partial charge < -0.3 is 14.2 Å². The van der Waals surface area contributed by atoms with Crippen LogP contribution < -0.4 is 0 Å². The van der Waals surface area contributed by atoms with Crippen LogP contribution in [0, 0.1) is 0 Å². The largest absolute Gasteiger partial charge is 0.462 e. The molecule has 1 unspecified atom stereocenters. The van der Waals surface area contributed by atoms with E-state index in [1.165, 1.54) is 103 Å². The van der Waals surface area contributed by atoms with Crippen molar-refractivity contribution in [2.75, 3.05) is 13.2 Å². The zero-order chi connectivity index (χ0) is 50.0.